The molecule has 0 N–H and O–H groups in total. The molecule has 0 radical (unpaired) electrons. The van der Waals surface area contributed by atoms with Crippen LogP contribution in [0.2, 0.25) is 0 Å². The molecule has 5 heteroatoms. The fourth-order valence-electron chi connectivity index (χ4n) is 6.49. The van der Waals surface area contributed by atoms with Gasteiger partial charge in [-0.2, -0.15) is 0 Å². The number of carbonyl (C=O) groups excluding carboxylic acids is 1. The Balaban J connectivity index is 1.49. The Hall–Kier alpha value is -2.89. The first-order valence-electron chi connectivity index (χ1n) is 11.8. The first-order chi connectivity index (χ1) is 16.1. The maximum absolute atomic E-state index is 13.2. The predicted molar refractivity (Wildman–Crippen MR) is 126 cm³/mol. The average Bonchev–Trinajstić information content (AvgIpc) is 3.19. The fraction of sp³-hybridized carbons (Fsp3) is 0.393. The van der Waals surface area contributed by atoms with Gasteiger partial charge >= 0.3 is 0 Å². The van der Waals surface area contributed by atoms with Crippen molar-refractivity contribution >= 4 is 5.78 Å². The van der Waals surface area contributed by atoms with Gasteiger partial charge in [0.25, 0.3) is 0 Å². The molecular weight excluding hydrogens is 414 g/mol. The molecule has 5 nitrogen and oxygen atoms in total. The van der Waals surface area contributed by atoms with Gasteiger partial charge in [0.2, 0.25) is 0 Å². The van der Waals surface area contributed by atoms with Crippen molar-refractivity contribution in [3.05, 3.63) is 83.5 Å². The molecule has 4 atom stereocenters. The summed E-state index contributed by atoms with van der Waals surface area (Å²) in [5.41, 5.74) is 2.31. The molecule has 1 saturated heterocycles. The summed E-state index contributed by atoms with van der Waals surface area (Å²) in [7, 11) is 2.16. The molecule has 0 amide bonds. The van der Waals surface area contributed by atoms with Crippen LogP contribution in [0.15, 0.2) is 66.8 Å². The second-order valence-electron chi connectivity index (χ2n) is 9.53. The smallest absolute Gasteiger partial charge is 0.196 e. The third kappa shape index (κ3) is 2.76. The molecule has 2 bridgehead atoms. The molecule has 0 saturated carbocycles. The number of ketones is 1. The zero-order chi connectivity index (χ0) is 22.6. The summed E-state index contributed by atoms with van der Waals surface area (Å²) in [4.78, 5) is 15.6. The molecule has 1 unspecified atom stereocenters. The van der Waals surface area contributed by atoms with E-state index in [1.165, 1.54) is 5.56 Å². The van der Waals surface area contributed by atoms with Crippen molar-refractivity contribution in [2.24, 2.45) is 0 Å². The number of benzene rings is 2. The van der Waals surface area contributed by atoms with Crippen LogP contribution in [-0.4, -0.2) is 48.6 Å². The number of hydrogen-bond acceptors (Lipinski definition) is 5. The number of rotatable bonds is 6. The van der Waals surface area contributed by atoms with Gasteiger partial charge in [-0.1, -0.05) is 48.6 Å². The van der Waals surface area contributed by atoms with E-state index in [0.29, 0.717) is 19.0 Å². The number of nitrogens with zero attached hydrogens (tertiary/aromatic N) is 1. The van der Waals surface area contributed by atoms with Crippen molar-refractivity contribution in [3.63, 3.8) is 0 Å². The number of carbonyl (C=O) groups is 1. The highest BCUT2D eigenvalue weighted by Gasteiger charge is 2.72. The molecule has 2 heterocycles. The monoisotopic (exact) mass is 443 g/mol. The first-order valence-corrected chi connectivity index (χ1v) is 11.8. The van der Waals surface area contributed by atoms with E-state index in [4.69, 9.17) is 14.2 Å². The molecule has 2 aromatic rings. The van der Waals surface area contributed by atoms with Gasteiger partial charge in [0.15, 0.2) is 23.4 Å². The van der Waals surface area contributed by atoms with Gasteiger partial charge in [0.05, 0.1) is 12.0 Å². The highest BCUT2D eigenvalue weighted by molar-refractivity contribution is 5.99. The third-order valence-electron chi connectivity index (χ3n) is 7.98. The zero-order valence-corrected chi connectivity index (χ0v) is 19.1. The fourth-order valence-corrected chi connectivity index (χ4v) is 6.49. The Kier molecular flexibility index (Phi) is 4.75. The number of likely N-dealkylation sites (N-methyl/N-ethyl adjacent to an activating group) is 1. The first kappa shape index (κ1) is 20.7. The van der Waals surface area contributed by atoms with Crippen LogP contribution in [0.4, 0.5) is 0 Å². The maximum Gasteiger partial charge on any atom is 0.196 e. The molecule has 1 spiro atoms. The molecule has 1 fully saturated rings. The largest absolute Gasteiger partial charge is 0.485 e. The van der Waals surface area contributed by atoms with Crippen LogP contribution in [0.1, 0.15) is 30.0 Å². The highest BCUT2D eigenvalue weighted by atomic mass is 16.5. The Bertz CT molecular complexity index is 1160. The van der Waals surface area contributed by atoms with Crippen molar-refractivity contribution in [1.29, 1.82) is 0 Å². The minimum absolute atomic E-state index is 0.0154. The number of ether oxygens (including phenoxy) is 3. The lowest BCUT2D eigenvalue weighted by Gasteiger charge is -2.62. The third-order valence-corrected chi connectivity index (χ3v) is 7.98. The van der Waals surface area contributed by atoms with E-state index in [1.54, 1.807) is 6.08 Å². The van der Waals surface area contributed by atoms with E-state index in [-0.39, 0.29) is 11.8 Å². The molecule has 170 valence electrons. The van der Waals surface area contributed by atoms with Crippen LogP contribution in [0.25, 0.3) is 0 Å². The minimum atomic E-state index is -0.617. The molecule has 4 aliphatic rings. The molecule has 2 aliphatic heterocycles. The van der Waals surface area contributed by atoms with Gasteiger partial charge in [0, 0.05) is 11.6 Å². The van der Waals surface area contributed by atoms with Gasteiger partial charge in [-0.3, -0.25) is 9.69 Å². The van der Waals surface area contributed by atoms with Crippen LogP contribution >= 0.6 is 0 Å². The lowest BCUT2D eigenvalue weighted by molar-refractivity contribution is -0.169. The quantitative estimate of drug-likeness (QED) is 0.632. The summed E-state index contributed by atoms with van der Waals surface area (Å²) in [6, 6.07) is 14.4. The lowest BCUT2D eigenvalue weighted by Crippen LogP contribution is -2.75. The normalized spacial score (nSPS) is 31.5. The molecular formula is C28H29NO4. The molecule has 2 aliphatic carbocycles. The van der Waals surface area contributed by atoms with Crippen LogP contribution in [0, 0.1) is 0 Å². The van der Waals surface area contributed by atoms with E-state index in [1.807, 2.05) is 61.5 Å². The van der Waals surface area contributed by atoms with E-state index in [9.17, 15) is 4.79 Å². The van der Waals surface area contributed by atoms with Crippen molar-refractivity contribution in [3.8, 4) is 11.5 Å². The summed E-state index contributed by atoms with van der Waals surface area (Å²) >= 11 is 0. The highest BCUT2D eigenvalue weighted by Crippen LogP contribution is 2.64. The lowest BCUT2D eigenvalue weighted by atomic mass is 9.50. The van der Waals surface area contributed by atoms with Gasteiger partial charge in [-0.25, -0.2) is 0 Å². The van der Waals surface area contributed by atoms with Crippen molar-refractivity contribution in [1.82, 2.24) is 4.90 Å². The SMILES string of the molecule is C/C=C/CO[C@@]12C=CC(=O)[C@@H]3Oc4c(OCc5ccccc5)ccc5c4[C@@]31CCN(C)C2C5. The Morgan fingerprint density at radius 1 is 1.21 bits per heavy atom. The van der Waals surface area contributed by atoms with Gasteiger partial charge in [-0.15, -0.1) is 0 Å². The summed E-state index contributed by atoms with van der Waals surface area (Å²) in [5.74, 6) is 1.45. The minimum Gasteiger partial charge on any atom is -0.485 e. The summed E-state index contributed by atoms with van der Waals surface area (Å²) < 4.78 is 19.5. The molecule has 33 heavy (non-hydrogen) atoms. The number of allylic oxidation sites excluding steroid dienone is 1. The maximum atomic E-state index is 13.2. The van der Waals surface area contributed by atoms with Crippen molar-refractivity contribution in [2.75, 3.05) is 20.2 Å². The predicted octanol–water partition coefficient (Wildman–Crippen LogP) is 4.00. The van der Waals surface area contributed by atoms with Gasteiger partial charge in [-0.05, 0) is 62.7 Å². The number of piperidine rings is 1. The number of hydrogen-bond donors (Lipinski definition) is 0. The Labute approximate surface area is 194 Å². The standard InChI is InChI=1S/C28H29NO4/c1-3-4-16-32-28-13-12-21(30)26-27(28)14-15-29(2)23(28)17-20-10-11-22(25(33-26)24(20)27)31-18-19-8-6-5-7-9-19/h3-13,23,26H,14-18H2,1-2H3/b4-3+/t23?,26-,27-,28+/m0/s1. The Morgan fingerprint density at radius 2 is 2.06 bits per heavy atom. The van der Waals surface area contributed by atoms with E-state index < -0.39 is 17.1 Å². The second kappa shape index (κ2) is 7.57. The Morgan fingerprint density at radius 3 is 2.88 bits per heavy atom. The summed E-state index contributed by atoms with van der Waals surface area (Å²) in [5, 5.41) is 0. The molecule has 2 aromatic carbocycles. The zero-order valence-electron chi connectivity index (χ0n) is 19.1. The number of likely N-dealkylation sites (tertiary alicyclic amines) is 1. The van der Waals surface area contributed by atoms with Crippen molar-refractivity contribution in [2.45, 2.75) is 49.5 Å². The van der Waals surface area contributed by atoms with Crippen LogP contribution < -0.4 is 9.47 Å². The average molecular weight is 444 g/mol. The summed E-state index contributed by atoms with van der Waals surface area (Å²) in [6.45, 7) is 3.85. The van der Waals surface area contributed by atoms with E-state index >= 15 is 0 Å². The van der Waals surface area contributed by atoms with E-state index in [2.05, 4.69) is 18.0 Å². The van der Waals surface area contributed by atoms with Gasteiger partial charge in [0.1, 0.15) is 12.2 Å². The second-order valence-corrected chi connectivity index (χ2v) is 9.53. The summed E-state index contributed by atoms with van der Waals surface area (Å²) in [6.07, 6.45) is 8.83. The van der Waals surface area contributed by atoms with Crippen LogP contribution in [0.3, 0.4) is 0 Å². The van der Waals surface area contributed by atoms with E-state index in [0.717, 1.165) is 36.3 Å². The molecule has 0 aromatic heterocycles. The van der Waals surface area contributed by atoms with Crippen molar-refractivity contribution < 1.29 is 19.0 Å². The van der Waals surface area contributed by atoms with Gasteiger partial charge < -0.3 is 14.2 Å². The van der Waals surface area contributed by atoms with Crippen LogP contribution in [0.5, 0.6) is 11.5 Å². The molecule has 6 rings (SSSR count). The topological polar surface area (TPSA) is 48.0 Å². The van der Waals surface area contributed by atoms with Crippen LogP contribution in [-0.2, 0) is 28.0 Å².